The molecule has 0 N–H and O–H groups in total. The van der Waals surface area contributed by atoms with Crippen molar-refractivity contribution in [3.05, 3.63) is 27.2 Å². The molecule has 19 heavy (non-hydrogen) atoms. The third-order valence-corrected chi connectivity index (χ3v) is 3.01. The molecule has 0 unspecified atom stereocenters. The predicted molar refractivity (Wildman–Crippen MR) is 68.8 cm³/mol. The number of hydrogen-bond donors (Lipinski definition) is 0. The van der Waals surface area contributed by atoms with Crippen LogP contribution in [0, 0.1) is 0 Å². The molecule has 0 radical (unpaired) electrons. The van der Waals surface area contributed by atoms with Crippen LogP contribution in [0.3, 0.4) is 0 Å². The van der Waals surface area contributed by atoms with Gasteiger partial charge in [-0.3, -0.25) is 13.9 Å². The summed E-state index contributed by atoms with van der Waals surface area (Å²) in [5.74, 6) is 0. The third kappa shape index (κ3) is 2.57. The van der Waals surface area contributed by atoms with Crippen molar-refractivity contribution in [2.75, 3.05) is 20.6 Å². The number of hydrogen-bond acceptors (Lipinski definition) is 4. The zero-order valence-electron chi connectivity index (χ0n) is 11.4. The normalized spacial score (nSPS) is 11.0. The number of halogens is 1. The van der Waals surface area contributed by atoms with Gasteiger partial charge in [0.2, 0.25) is 0 Å². The molecular weight excluding hydrogens is 270 g/mol. The highest BCUT2D eigenvalue weighted by Crippen LogP contribution is 2.04. The molecule has 2 heterocycles. The number of aryl methyl sites for hydroxylation is 1. The van der Waals surface area contributed by atoms with E-state index in [4.69, 9.17) is 0 Å². The SMILES string of the molecule is CN(C)CCn1cnc2c1c(=O)n(C)c(=O)n2C.[Cl-]. The summed E-state index contributed by atoms with van der Waals surface area (Å²) in [6.07, 6.45) is 1.61. The van der Waals surface area contributed by atoms with Gasteiger partial charge in [-0.25, -0.2) is 9.78 Å². The van der Waals surface area contributed by atoms with Gasteiger partial charge in [0.05, 0.1) is 6.33 Å². The Morgan fingerprint density at radius 1 is 1.21 bits per heavy atom. The lowest BCUT2D eigenvalue weighted by molar-refractivity contribution is -0.00000414. The van der Waals surface area contributed by atoms with Crippen molar-refractivity contribution in [1.29, 1.82) is 0 Å². The maximum absolute atomic E-state index is 12.1. The first-order chi connectivity index (χ1) is 8.43. The maximum Gasteiger partial charge on any atom is 0.332 e. The van der Waals surface area contributed by atoms with Crippen molar-refractivity contribution in [3.63, 3.8) is 0 Å². The van der Waals surface area contributed by atoms with Gasteiger partial charge < -0.3 is 21.9 Å². The van der Waals surface area contributed by atoms with E-state index in [0.29, 0.717) is 17.7 Å². The fraction of sp³-hybridized carbons (Fsp3) is 0.545. The minimum absolute atomic E-state index is 0. The summed E-state index contributed by atoms with van der Waals surface area (Å²) in [5, 5.41) is 0. The standard InChI is InChI=1S/C11H17N5O2.ClH/c1-13(2)5-6-16-7-12-9-8(16)10(17)15(4)11(18)14(9)3;/h7H,5-6H2,1-4H3;1H/p-1. The molecule has 2 aromatic heterocycles. The van der Waals surface area contributed by atoms with Crippen LogP contribution < -0.4 is 23.7 Å². The fourth-order valence-corrected chi connectivity index (χ4v) is 1.87. The minimum Gasteiger partial charge on any atom is -1.00 e. The third-order valence-electron chi connectivity index (χ3n) is 3.01. The van der Waals surface area contributed by atoms with Crippen LogP contribution in [0.2, 0.25) is 0 Å². The largest absolute Gasteiger partial charge is 1.00 e. The van der Waals surface area contributed by atoms with Crippen LogP contribution in [0.5, 0.6) is 0 Å². The first kappa shape index (κ1) is 15.5. The summed E-state index contributed by atoms with van der Waals surface area (Å²) in [4.78, 5) is 30.0. The summed E-state index contributed by atoms with van der Waals surface area (Å²) < 4.78 is 4.29. The first-order valence-corrected chi connectivity index (χ1v) is 5.69. The molecule has 0 amide bonds. The molecule has 2 aromatic rings. The monoisotopic (exact) mass is 286 g/mol. The lowest BCUT2D eigenvalue weighted by Gasteiger charge is -2.10. The van der Waals surface area contributed by atoms with Crippen LogP contribution in [0.25, 0.3) is 11.2 Å². The molecule has 0 atom stereocenters. The average Bonchev–Trinajstić information content (AvgIpc) is 2.75. The Morgan fingerprint density at radius 2 is 1.84 bits per heavy atom. The summed E-state index contributed by atoms with van der Waals surface area (Å²) in [5.41, 5.74) is 0.248. The molecule has 0 bridgehead atoms. The Labute approximate surface area is 116 Å². The number of imidazole rings is 1. The van der Waals surface area contributed by atoms with Crippen LogP contribution in [-0.4, -0.2) is 44.2 Å². The molecule has 0 aliphatic rings. The topological polar surface area (TPSA) is 65.1 Å². The number of rotatable bonds is 3. The molecule has 106 valence electrons. The van der Waals surface area contributed by atoms with E-state index in [1.54, 1.807) is 17.9 Å². The lowest BCUT2D eigenvalue weighted by Crippen LogP contribution is -3.00. The Balaban J connectivity index is 0.00000180. The Bertz CT molecular complexity index is 697. The maximum atomic E-state index is 12.1. The van der Waals surface area contributed by atoms with Crippen molar-refractivity contribution < 1.29 is 12.4 Å². The second-order valence-electron chi connectivity index (χ2n) is 4.62. The van der Waals surface area contributed by atoms with E-state index >= 15 is 0 Å². The van der Waals surface area contributed by atoms with E-state index in [1.165, 1.54) is 11.6 Å². The number of likely N-dealkylation sites (N-methyl/N-ethyl adjacent to an activating group) is 1. The minimum atomic E-state index is -0.356. The lowest BCUT2D eigenvalue weighted by atomic mass is 10.4. The highest BCUT2D eigenvalue weighted by atomic mass is 35.5. The zero-order valence-corrected chi connectivity index (χ0v) is 12.2. The van der Waals surface area contributed by atoms with Gasteiger partial charge in [0.15, 0.2) is 11.2 Å². The summed E-state index contributed by atoms with van der Waals surface area (Å²) in [6, 6.07) is 0. The van der Waals surface area contributed by atoms with Crippen LogP contribution in [-0.2, 0) is 20.6 Å². The van der Waals surface area contributed by atoms with Crippen molar-refractivity contribution >= 4 is 11.2 Å². The summed E-state index contributed by atoms with van der Waals surface area (Å²) in [6.45, 7) is 1.47. The molecule has 0 aliphatic carbocycles. The van der Waals surface area contributed by atoms with Gasteiger partial charge >= 0.3 is 5.69 Å². The van der Waals surface area contributed by atoms with E-state index in [1.807, 2.05) is 19.0 Å². The Morgan fingerprint density at radius 3 is 2.42 bits per heavy atom. The van der Waals surface area contributed by atoms with Crippen molar-refractivity contribution in [2.45, 2.75) is 6.54 Å². The van der Waals surface area contributed by atoms with E-state index in [-0.39, 0.29) is 23.7 Å². The van der Waals surface area contributed by atoms with Crippen molar-refractivity contribution in [1.82, 2.24) is 23.6 Å². The van der Waals surface area contributed by atoms with Gasteiger partial charge in [-0.2, -0.15) is 0 Å². The second-order valence-corrected chi connectivity index (χ2v) is 4.62. The second kappa shape index (κ2) is 5.58. The van der Waals surface area contributed by atoms with E-state index < -0.39 is 0 Å². The van der Waals surface area contributed by atoms with Gasteiger partial charge in [-0.05, 0) is 14.1 Å². The van der Waals surface area contributed by atoms with E-state index in [2.05, 4.69) is 4.98 Å². The molecular formula is C11H17ClN5O2-. The average molecular weight is 287 g/mol. The van der Waals surface area contributed by atoms with Crippen LogP contribution >= 0.6 is 0 Å². The molecule has 0 saturated carbocycles. The molecule has 8 heteroatoms. The van der Waals surface area contributed by atoms with Crippen LogP contribution in [0.4, 0.5) is 0 Å². The van der Waals surface area contributed by atoms with E-state index in [9.17, 15) is 9.59 Å². The molecule has 0 fully saturated rings. The van der Waals surface area contributed by atoms with Gasteiger partial charge in [-0.1, -0.05) is 0 Å². The fourth-order valence-electron chi connectivity index (χ4n) is 1.87. The molecule has 0 saturated heterocycles. The van der Waals surface area contributed by atoms with Crippen LogP contribution in [0.1, 0.15) is 0 Å². The van der Waals surface area contributed by atoms with Crippen molar-refractivity contribution in [3.8, 4) is 0 Å². The number of nitrogens with zero attached hydrogens (tertiary/aromatic N) is 5. The van der Waals surface area contributed by atoms with Gasteiger partial charge in [0.1, 0.15) is 0 Å². The Kier molecular flexibility index (Phi) is 4.54. The molecule has 0 aliphatic heterocycles. The van der Waals surface area contributed by atoms with E-state index in [0.717, 1.165) is 11.1 Å². The number of aromatic nitrogens is 4. The summed E-state index contributed by atoms with van der Waals surface area (Å²) in [7, 11) is 7.03. The smallest absolute Gasteiger partial charge is 0.332 e. The first-order valence-electron chi connectivity index (χ1n) is 5.69. The van der Waals surface area contributed by atoms with Gasteiger partial charge in [0.25, 0.3) is 5.56 Å². The quantitative estimate of drug-likeness (QED) is 0.577. The zero-order chi connectivity index (χ0) is 13.4. The number of fused-ring (bicyclic) bond motifs is 1. The molecule has 7 nitrogen and oxygen atoms in total. The van der Waals surface area contributed by atoms with Crippen molar-refractivity contribution in [2.24, 2.45) is 14.1 Å². The highest BCUT2D eigenvalue weighted by Gasteiger charge is 2.13. The molecule has 0 spiro atoms. The Hall–Kier alpha value is -1.60. The highest BCUT2D eigenvalue weighted by molar-refractivity contribution is 5.69. The van der Waals surface area contributed by atoms with Crippen LogP contribution in [0.15, 0.2) is 15.9 Å². The summed E-state index contributed by atoms with van der Waals surface area (Å²) >= 11 is 0. The molecule has 0 aromatic carbocycles. The van der Waals surface area contributed by atoms with Gasteiger partial charge in [0, 0.05) is 27.2 Å². The predicted octanol–water partition coefficient (Wildman–Crippen LogP) is -4.00. The van der Waals surface area contributed by atoms with Gasteiger partial charge in [-0.15, -0.1) is 0 Å². The molecule has 2 rings (SSSR count).